The van der Waals surface area contributed by atoms with Crippen LogP contribution in [0.4, 0.5) is 0 Å². The molecule has 0 amide bonds. The lowest BCUT2D eigenvalue weighted by atomic mass is 10.00. The van der Waals surface area contributed by atoms with Crippen molar-refractivity contribution in [2.45, 2.75) is 45.9 Å². The summed E-state index contributed by atoms with van der Waals surface area (Å²) in [6.07, 6.45) is 1.09. The Labute approximate surface area is 91.7 Å². The zero-order chi connectivity index (χ0) is 11.5. The lowest BCUT2D eigenvalue weighted by molar-refractivity contribution is 0.130. The van der Waals surface area contributed by atoms with Gasteiger partial charge in [-0.2, -0.15) is 0 Å². The first-order chi connectivity index (χ1) is 6.99. The van der Waals surface area contributed by atoms with Gasteiger partial charge in [0.25, 0.3) is 0 Å². The van der Waals surface area contributed by atoms with Gasteiger partial charge in [0.05, 0.1) is 6.54 Å². The summed E-state index contributed by atoms with van der Waals surface area (Å²) in [5.41, 5.74) is 0.173. The van der Waals surface area contributed by atoms with Gasteiger partial charge in [-0.15, -0.1) is 0 Å². The van der Waals surface area contributed by atoms with E-state index in [1.165, 1.54) is 0 Å². The summed E-state index contributed by atoms with van der Waals surface area (Å²) in [5, 5.41) is 8.88. The van der Waals surface area contributed by atoms with Crippen LogP contribution < -0.4 is 0 Å². The molecule has 0 aromatic carbocycles. The molecule has 1 N–H and O–H groups in total. The summed E-state index contributed by atoms with van der Waals surface area (Å²) in [7, 11) is 2.09. The standard InChI is InChI=1S/C12H21NO2/c1-5-12(2,3)13(4)8-10-6-7-11(9-14)15-10/h6-7,14H,5,8-9H2,1-4H3. The number of rotatable bonds is 5. The molecule has 15 heavy (non-hydrogen) atoms. The largest absolute Gasteiger partial charge is 0.462 e. The van der Waals surface area contributed by atoms with Crippen LogP contribution in [0.1, 0.15) is 38.7 Å². The average Bonchev–Trinajstić information content (AvgIpc) is 2.65. The van der Waals surface area contributed by atoms with Crippen molar-refractivity contribution in [3.63, 3.8) is 0 Å². The molecule has 0 bridgehead atoms. The van der Waals surface area contributed by atoms with E-state index in [1.54, 1.807) is 0 Å². The predicted molar refractivity (Wildman–Crippen MR) is 60.5 cm³/mol. The predicted octanol–water partition coefficient (Wildman–Crippen LogP) is 2.39. The first kappa shape index (κ1) is 12.3. The highest BCUT2D eigenvalue weighted by Gasteiger charge is 2.21. The van der Waals surface area contributed by atoms with E-state index in [9.17, 15) is 0 Å². The molecular weight excluding hydrogens is 190 g/mol. The van der Waals surface area contributed by atoms with E-state index in [2.05, 4.69) is 32.7 Å². The lowest BCUT2D eigenvalue weighted by Crippen LogP contribution is -2.39. The maximum absolute atomic E-state index is 8.88. The zero-order valence-electron chi connectivity index (χ0n) is 10.1. The molecular formula is C12H21NO2. The molecule has 1 aromatic heterocycles. The number of aliphatic hydroxyl groups is 1. The molecule has 0 radical (unpaired) electrons. The fourth-order valence-electron chi connectivity index (χ4n) is 1.31. The van der Waals surface area contributed by atoms with Crippen LogP contribution in [0, 0.1) is 0 Å². The van der Waals surface area contributed by atoms with Gasteiger partial charge in [0.15, 0.2) is 0 Å². The Hall–Kier alpha value is -0.800. The second-order valence-corrected chi connectivity index (χ2v) is 4.55. The topological polar surface area (TPSA) is 36.6 Å². The summed E-state index contributed by atoms with van der Waals surface area (Å²) in [6, 6.07) is 3.75. The quantitative estimate of drug-likeness (QED) is 0.812. The minimum Gasteiger partial charge on any atom is -0.462 e. The van der Waals surface area contributed by atoms with E-state index in [0.29, 0.717) is 5.76 Å². The summed E-state index contributed by atoms with van der Waals surface area (Å²) < 4.78 is 5.45. The average molecular weight is 211 g/mol. The fourth-order valence-corrected chi connectivity index (χ4v) is 1.31. The van der Waals surface area contributed by atoms with Crippen molar-refractivity contribution in [1.29, 1.82) is 0 Å². The van der Waals surface area contributed by atoms with Crippen LogP contribution >= 0.6 is 0 Å². The van der Waals surface area contributed by atoms with Crippen molar-refractivity contribution in [2.75, 3.05) is 7.05 Å². The third kappa shape index (κ3) is 3.08. The molecule has 1 rings (SSSR count). The fraction of sp³-hybridized carbons (Fsp3) is 0.667. The monoisotopic (exact) mass is 211 g/mol. The van der Waals surface area contributed by atoms with Crippen molar-refractivity contribution in [1.82, 2.24) is 4.90 Å². The second-order valence-electron chi connectivity index (χ2n) is 4.55. The van der Waals surface area contributed by atoms with Gasteiger partial charge in [-0.25, -0.2) is 0 Å². The number of hydrogen-bond donors (Lipinski definition) is 1. The number of aliphatic hydroxyl groups excluding tert-OH is 1. The van der Waals surface area contributed by atoms with Gasteiger partial charge in [-0.3, -0.25) is 4.90 Å². The van der Waals surface area contributed by atoms with Crippen molar-refractivity contribution in [3.8, 4) is 0 Å². The van der Waals surface area contributed by atoms with Gasteiger partial charge in [0, 0.05) is 5.54 Å². The first-order valence-electron chi connectivity index (χ1n) is 5.39. The van der Waals surface area contributed by atoms with Gasteiger partial charge in [-0.05, 0) is 39.4 Å². The van der Waals surface area contributed by atoms with Gasteiger partial charge < -0.3 is 9.52 Å². The molecule has 0 unspecified atom stereocenters. The van der Waals surface area contributed by atoms with E-state index in [0.717, 1.165) is 18.7 Å². The molecule has 86 valence electrons. The van der Waals surface area contributed by atoms with Crippen LogP contribution in [-0.4, -0.2) is 22.6 Å². The molecule has 3 nitrogen and oxygen atoms in total. The summed E-state index contributed by atoms with van der Waals surface area (Å²) in [5.74, 6) is 1.54. The Morgan fingerprint density at radius 1 is 1.33 bits per heavy atom. The number of nitrogens with zero attached hydrogens (tertiary/aromatic N) is 1. The third-order valence-electron chi connectivity index (χ3n) is 3.16. The molecule has 0 fully saturated rings. The molecule has 0 saturated heterocycles. The lowest BCUT2D eigenvalue weighted by Gasteiger charge is -2.34. The van der Waals surface area contributed by atoms with Crippen molar-refractivity contribution in [3.05, 3.63) is 23.7 Å². The highest BCUT2D eigenvalue weighted by atomic mass is 16.4. The second kappa shape index (κ2) is 4.81. The highest BCUT2D eigenvalue weighted by Crippen LogP contribution is 2.20. The Balaban J connectivity index is 2.61. The van der Waals surface area contributed by atoms with Crippen LogP contribution in [0.3, 0.4) is 0 Å². The molecule has 1 aromatic rings. The maximum Gasteiger partial charge on any atom is 0.129 e. The van der Waals surface area contributed by atoms with Crippen LogP contribution in [0.25, 0.3) is 0 Å². The Kier molecular flexibility index (Phi) is 3.94. The van der Waals surface area contributed by atoms with Crippen molar-refractivity contribution >= 4 is 0 Å². The van der Waals surface area contributed by atoms with Crippen molar-refractivity contribution in [2.24, 2.45) is 0 Å². The molecule has 0 atom stereocenters. The van der Waals surface area contributed by atoms with Gasteiger partial charge in [0.1, 0.15) is 18.1 Å². The minimum atomic E-state index is -0.0269. The zero-order valence-corrected chi connectivity index (χ0v) is 10.1. The smallest absolute Gasteiger partial charge is 0.129 e. The van der Waals surface area contributed by atoms with E-state index in [-0.39, 0.29) is 12.1 Å². The van der Waals surface area contributed by atoms with Crippen LogP contribution in [0.2, 0.25) is 0 Å². The van der Waals surface area contributed by atoms with Crippen LogP contribution in [0.15, 0.2) is 16.5 Å². The first-order valence-corrected chi connectivity index (χ1v) is 5.39. The molecule has 1 heterocycles. The molecule has 0 saturated carbocycles. The van der Waals surface area contributed by atoms with Gasteiger partial charge >= 0.3 is 0 Å². The molecule has 0 spiro atoms. The Bertz CT molecular complexity index is 304. The van der Waals surface area contributed by atoms with Gasteiger partial charge in [0.2, 0.25) is 0 Å². The van der Waals surface area contributed by atoms with E-state index in [1.807, 2.05) is 12.1 Å². The van der Waals surface area contributed by atoms with E-state index in [4.69, 9.17) is 9.52 Å². The minimum absolute atomic E-state index is 0.0269. The van der Waals surface area contributed by atoms with Crippen LogP contribution in [-0.2, 0) is 13.2 Å². The van der Waals surface area contributed by atoms with Crippen LogP contribution in [0.5, 0.6) is 0 Å². The summed E-state index contributed by atoms with van der Waals surface area (Å²) >= 11 is 0. The SMILES string of the molecule is CCC(C)(C)N(C)Cc1ccc(CO)o1. The summed E-state index contributed by atoms with van der Waals surface area (Å²) in [6.45, 7) is 7.35. The Morgan fingerprint density at radius 3 is 2.40 bits per heavy atom. The molecule has 3 heteroatoms. The maximum atomic E-state index is 8.88. The molecule has 0 aliphatic rings. The molecule has 0 aliphatic carbocycles. The highest BCUT2D eigenvalue weighted by molar-refractivity contribution is 5.06. The molecule has 0 aliphatic heterocycles. The van der Waals surface area contributed by atoms with E-state index >= 15 is 0 Å². The number of hydrogen-bond acceptors (Lipinski definition) is 3. The summed E-state index contributed by atoms with van der Waals surface area (Å²) in [4.78, 5) is 2.26. The Morgan fingerprint density at radius 2 is 1.93 bits per heavy atom. The van der Waals surface area contributed by atoms with Gasteiger partial charge in [-0.1, -0.05) is 6.92 Å². The van der Waals surface area contributed by atoms with Crippen molar-refractivity contribution < 1.29 is 9.52 Å². The third-order valence-corrected chi connectivity index (χ3v) is 3.16. The number of furan rings is 1. The van der Waals surface area contributed by atoms with E-state index < -0.39 is 0 Å². The normalized spacial score (nSPS) is 12.4.